The summed E-state index contributed by atoms with van der Waals surface area (Å²) in [6.45, 7) is 11.5. The summed E-state index contributed by atoms with van der Waals surface area (Å²) in [4.78, 5) is 5.41. The first-order valence-corrected chi connectivity index (χ1v) is 16.2. The van der Waals surface area contributed by atoms with Crippen LogP contribution in [0.4, 0.5) is 0 Å². The zero-order valence-electron chi connectivity index (χ0n) is 26.6. The third-order valence-corrected chi connectivity index (χ3v) is 10.2. The zero-order valence-corrected chi connectivity index (χ0v) is 26.6. The summed E-state index contributed by atoms with van der Waals surface area (Å²) >= 11 is 0. The van der Waals surface area contributed by atoms with Crippen LogP contribution in [0.15, 0.2) is 108 Å². The summed E-state index contributed by atoms with van der Waals surface area (Å²) in [6, 6.07) is 37.6. The third-order valence-electron chi connectivity index (χ3n) is 10.2. The third kappa shape index (κ3) is 3.22. The number of hydrogen-bond donors (Lipinski definition) is 0. The standard InChI is InChI=1S/C41H32BN3O/c1-23-20-25-22-24(2)37-39-35(25)32(21-23)44-31-16-10-9-15-30(31)43-40(44)45(39)38-29(42(37)28-14-8-7-13-27(28)41(3,4)5)18-19-34-36(38)26-12-6-11-17-33(26)46-34/h6-22H,1-5H3. The van der Waals surface area contributed by atoms with Gasteiger partial charge >= 0.3 is 0 Å². The normalized spacial score (nSPS) is 13.3. The number of para-hydroxylation sites is 3. The van der Waals surface area contributed by atoms with Gasteiger partial charge < -0.3 is 4.42 Å². The van der Waals surface area contributed by atoms with E-state index in [2.05, 4.69) is 147 Å². The molecule has 10 rings (SSSR count). The predicted octanol–water partition coefficient (Wildman–Crippen LogP) is 8.23. The van der Waals surface area contributed by atoms with Gasteiger partial charge in [0.1, 0.15) is 11.2 Å². The number of furan rings is 1. The lowest BCUT2D eigenvalue weighted by atomic mass is 9.33. The molecule has 0 bridgehead atoms. The molecule has 46 heavy (non-hydrogen) atoms. The highest BCUT2D eigenvalue weighted by molar-refractivity contribution is 6.98. The van der Waals surface area contributed by atoms with Crippen LogP contribution < -0.4 is 16.4 Å². The van der Waals surface area contributed by atoms with Gasteiger partial charge in [-0.1, -0.05) is 105 Å². The molecule has 1 aliphatic rings. The SMILES string of the molecule is Cc1cc2cc(C)c3c4c2c(c1)n1c2ccccc2nc1n4-c1c(ccc2oc4ccccc4c12)B3c1ccccc1C(C)(C)C. The van der Waals surface area contributed by atoms with Gasteiger partial charge in [-0.15, -0.1) is 0 Å². The molecule has 3 aromatic heterocycles. The second-order valence-electron chi connectivity index (χ2n) is 14.2. The Morgan fingerprint density at radius 1 is 0.717 bits per heavy atom. The van der Waals surface area contributed by atoms with Crippen LogP contribution in [0.3, 0.4) is 0 Å². The Labute approximate surface area is 267 Å². The van der Waals surface area contributed by atoms with Crippen molar-refractivity contribution in [3.8, 4) is 5.69 Å². The van der Waals surface area contributed by atoms with Crippen LogP contribution >= 0.6 is 0 Å². The van der Waals surface area contributed by atoms with Crippen molar-refractivity contribution in [3.05, 3.63) is 120 Å². The molecule has 9 aromatic rings. The van der Waals surface area contributed by atoms with Crippen LogP contribution in [0.25, 0.3) is 66.2 Å². The topological polar surface area (TPSA) is 35.4 Å². The molecular formula is C41H32BN3O. The lowest BCUT2D eigenvalue weighted by molar-refractivity contribution is 0.594. The van der Waals surface area contributed by atoms with Crippen LogP contribution in [0.2, 0.25) is 0 Å². The van der Waals surface area contributed by atoms with Gasteiger partial charge in [0.2, 0.25) is 12.5 Å². The number of aryl methyl sites for hydroxylation is 2. The monoisotopic (exact) mass is 593 g/mol. The fourth-order valence-electron chi connectivity index (χ4n) is 8.48. The number of imidazole rings is 1. The molecule has 0 amide bonds. The molecule has 0 spiro atoms. The van der Waals surface area contributed by atoms with Crippen molar-refractivity contribution in [3.63, 3.8) is 0 Å². The molecule has 0 saturated heterocycles. The molecule has 5 heteroatoms. The van der Waals surface area contributed by atoms with Gasteiger partial charge in [0, 0.05) is 10.8 Å². The van der Waals surface area contributed by atoms with Gasteiger partial charge in [-0.05, 0) is 77.0 Å². The molecule has 4 heterocycles. The minimum Gasteiger partial charge on any atom is -0.456 e. The van der Waals surface area contributed by atoms with Crippen LogP contribution in [0.5, 0.6) is 0 Å². The number of fused-ring (bicyclic) bond motifs is 11. The highest BCUT2D eigenvalue weighted by atomic mass is 16.3. The largest absolute Gasteiger partial charge is 0.456 e. The summed E-state index contributed by atoms with van der Waals surface area (Å²) in [5.41, 5.74) is 15.4. The highest BCUT2D eigenvalue weighted by Crippen LogP contribution is 2.40. The second kappa shape index (κ2) is 8.70. The summed E-state index contributed by atoms with van der Waals surface area (Å²) in [5.74, 6) is 0.925. The Hall–Kier alpha value is -5.29. The molecule has 4 nitrogen and oxygen atoms in total. The predicted molar refractivity (Wildman–Crippen MR) is 194 cm³/mol. The maximum atomic E-state index is 6.55. The van der Waals surface area contributed by atoms with Crippen LogP contribution in [0.1, 0.15) is 37.5 Å². The second-order valence-corrected chi connectivity index (χ2v) is 14.2. The summed E-state index contributed by atoms with van der Waals surface area (Å²) in [5, 5.41) is 4.80. The zero-order chi connectivity index (χ0) is 31.1. The van der Waals surface area contributed by atoms with E-state index in [0.29, 0.717) is 0 Å². The van der Waals surface area contributed by atoms with Gasteiger partial charge in [0.25, 0.3) is 0 Å². The maximum Gasteiger partial charge on any atom is 0.247 e. The molecule has 0 N–H and O–H groups in total. The maximum absolute atomic E-state index is 6.55. The van der Waals surface area contributed by atoms with E-state index in [4.69, 9.17) is 9.40 Å². The fraction of sp³-hybridized carbons (Fsp3) is 0.146. The van der Waals surface area contributed by atoms with Crippen LogP contribution in [-0.2, 0) is 5.41 Å². The Kier molecular flexibility index (Phi) is 4.91. The Morgan fingerprint density at radius 2 is 1.50 bits per heavy atom. The van der Waals surface area contributed by atoms with Crippen molar-refractivity contribution < 1.29 is 4.42 Å². The first kappa shape index (κ1) is 26.0. The van der Waals surface area contributed by atoms with Gasteiger partial charge in [-0.25, -0.2) is 4.98 Å². The van der Waals surface area contributed by atoms with E-state index >= 15 is 0 Å². The van der Waals surface area contributed by atoms with Crippen molar-refractivity contribution >= 4 is 83.7 Å². The number of hydrogen-bond acceptors (Lipinski definition) is 2. The van der Waals surface area contributed by atoms with Gasteiger partial charge in [-0.3, -0.25) is 8.97 Å². The molecule has 0 atom stereocenters. The van der Waals surface area contributed by atoms with Crippen LogP contribution in [-0.4, -0.2) is 20.7 Å². The van der Waals surface area contributed by atoms with Crippen molar-refractivity contribution in [2.75, 3.05) is 0 Å². The minimum atomic E-state index is -0.0292. The number of aromatic nitrogens is 3. The lowest BCUT2D eigenvalue weighted by Crippen LogP contribution is -2.59. The summed E-state index contributed by atoms with van der Waals surface area (Å²) in [6.07, 6.45) is 0. The van der Waals surface area contributed by atoms with E-state index in [-0.39, 0.29) is 12.1 Å². The van der Waals surface area contributed by atoms with Crippen molar-refractivity contribution in [2.45, 2.75) is 40.0 Å². The molecule has 0 fully saturated rings. The van der Waals surface area contributed by atoms with Gasteiger partial charge in [-0.2, -0.15) is 0 Å². The van der Waals surface area contributed by atoms with E-state index in [1.165, 1.54) is 60.6 Å². The number of benzene rings is 6. The number of rotatable bonds is 1. The minimum absolute atomic E-state index is 0.0292. The van der Waals surface area contributed by atoms with Gasteiger partial charge in [0.05, 0.1) is 33.1 Å². The smallest absolute Gasteiger partial charge is 0.247 e. The molecule has 220 valence electrons. The van der Waals surface area contributed by atoms with E-state index in [1.54, 1.807) is 0 Å². The first-order chi connectivity index (χ1) is 22.3. The lowest BCUT2D eigenvalue weighted by Gasteiger charge is -2.34. The average Bonchev–Trinajstić information content (AvgIpc) is 3.62. The van der Waals surface area contributed by atoms with E-state index in [0.717, 1.165) is 38.7 Å². The van der Waals surface area contributed by atoms with Crippen molar-refractivity contribution in [1.82, 2.24) is 14.0 Å². The Balaban J connectivity index is 1.54. The van der Waals surface area contributed by atoms with E-state index in [9.17, 15) is 0 Å². The Bertz CT molecular complexity index is 2770. The Morgan fingerprint density at radius 3 is 2.37 bits per heavy atom. The summed E-state index contributed by atoms with van der Waals surface area (Å²) in [7, 11) is 0. The molecule has 0 radical (unpaired) electrons. The average molecular weight is 594 g/mol. The molecule has 0 aliphatic carbocycles. The molecule has 1 aliphatic heterocycles. The van der Waals surface area contributed by atoms with E-state index < -0.39 is 0 Å². The summed E-state index contributed by atoms with van der Waals surface area (Å²) < 4.78 is 11.4. The molecule has 0 unspecified atom stereocenters. The van der Waals surface area contributed by atoms with Crippen molar-refractivity contribution in [2.24, 2.45) is 0 Å². The number of nitrogens with zero attached hydrogens (tertiary/aromatic N) is 3. The molecular weight excluding hydrogens is 561 g/mol. The van der Waals surface area contributed by atoms with E-state index in [1.807, 2.05) is 0 Å². The van der Waals surface area contributed by atoms with Gasteiger partial charge in [0.15, 0.2) is 0 Å². The van der Waals surface area contributed by atoms with Crippen molar-refractivity contribution in [1.29, 1.82) is 0 Å². The first-order valence-electron chi connectivity index (χ1n) is 16.2. The quantitative estimate of drug-likeness (QED) is 0.180. The van der Waals surface area contributed by atoms with Crippen LogP contribution in [0, 0.1) is 13.8 Å². The highest BCUT2D eigenvalue weighted by Gasteiger charge is 2.39. The molecule has 6 aromatic carbocycles. The molecule has 0 saturated carbocycles. The fourth-order valence-corrected chi connectivity index (χ4v) is 8.48.